The molecule has 0 saturated heterocycles. The van der Waals surface area contributed by atoms with Gasteiger partial charge in [-0.25, -0.2) is 4.39 Å². The quantitative estimate of drug-likeness (QED) is 0.524. The van der Waals surface area contributed by atoms with Crippen molar-refractivity contribution in [3.63, 3.8) is 0 Å². The molecule has 2 aliphatic rings. The average Bonchev–Trinajstić information content (AvgIpc) is 3.37. The van der Waals surface area contributed by atoms with Crippen molar-refractivity contribution in [2.24, 2.45) is 5.92 Å². The zero-order chi connectivity index (χ0) is 23.0. The molecule has 0 N–H and O–H groups in total. The lowest BCUT2D eigenvalue weighted by Crippen LogP contribution is -2.46. The van der Waals surface area contributed by atoms with Crippen molar-refractivity contribution in [1.29, 1.82) is 0 Å². The number of anilines is 1. The van der Waals surface area contributed by atoms with Crippen LogP contribution in [0.15, 0.2) is 72.8 Å². The van der Waals surface area contributed by atoms with E-state index in [2.05, 4.69) is 0 Å². The fraction of sp³-hybridized carbons (Fsp3) is 0.286. The predicted molar refractivity (Wildman–Crippen MR) is 125 cm³/mol. The Morgan fingerprint density at radius 3 is 2.52 bits per heavy atom. The van der Waals surface area contributed by atoms with Crippen LogP contribution in [0, 0.1) is 11.7 Å². The molecule has 1 aliphatic heterocycles. The van der Waals surface area contributed by atoms with Gasteiger partial charge in [-0.2, -0.15) is 0 Å². The van der Waals surface area contributed by atoms with Gasteiger partial charge in [0.2, 0.25) is 5.91 Å². The number of para-hydroxylation sites is 1. The Morgan fingerprint density at radius 1 is 1.00 bits per heavy atom. The summed E-state index contributed by atoms with van der Waals surface area (Å²) in [6.07, 6.45) is 2.12. The van der Waals surface area contributed by atoms with Crippen LogP contribution in [0.25, 0.3) is 0 Å². The van der Waals surface area contributed by atoms with Gasteiger partial charge in [0, 0.05) is 18.5 Å². The van der Waals surface area contributed by atoms with Gasteiger partial charge in [-0.05, 0) is 65.8 Å². The molecule has 3 aromatic rings. The summed E-state index contributed by atoms with van der Waals surface area (Å²) in [5.74, 6) is 0.599. The van der Waals surface area contributed by atoms with E-state index in [1.54, 1.807) is 19.2 Å². The molecule has 1 aliphatic carbocycles. The van der Waals surface area contributed by atoms with Crippen LogP contribution in [-0.4, -0.2) is 18.8 Å². The van der Waals surface area contributed by atoms with Gasteiger partial charge < -0.3 is 9.64 Å². The number of hydrogen-bond acceptors (Lipinski definition) is 3. The van der Waals surface area contributed by atoms with Crippen LogP contribution in [-0.2, 0) is 28.0 Å². The van der Waals surface area contributed by atoms with E-state index in [0.29, 0.717) is 32.2 Å². The summed E-state index contributed by atoms with van der Waals surface area (Å²) < 4.78 is 18.9. The highest BCUT2D eigenvalue weighted by Gasteiger charge is 2.56. The average molecular weight is 444 g/mol. The number of methoxy groups -OCH3 is 1. The first-order valence-electron chi connectivity index (χ1n) is 11.3. The standard InChI is InChI=1S/C28H26FNO3/c1-33-24-6-4-5-20(15-24)17-28(21-11-14-23(31)16-21)25-7-2-3-8-26(25)30(27(28)32)18-19-9-12-22(29)13-10-19/h2-10,12-13,15,21H,11,14,16-18H2,1H3/t21-,28+/m1/s1. The van der Waals surface area contributed by atoms with Crippen LogP contribution in [0.5, 0.6) is 5.75 Å². The number of ether oxygens (including phenoxy) is 1. The third-order valence-electron chi connectivity index (χ3n) is 7.12. The molecular formula is C28H26FNO3. The Bertz CT molecular complexity index is 1210. The molecule has 0 spiro atoms. The van der Waals surface area contributed by atoms with Crippen molar-refractivity contribution in [3.8, 4) is 5.75 Å². The Kier molecular flexibility index (Phi) is 5.49. The molecule has 0 bridgehead atoms. The zero-order valence-electron chi connectivity index (χ0n) is 18.6. The molecule has 0 aromatic heterocycles. The smallest absolute Gasteiger partial charge is 0.238 e. The Morgan fingerprint density at radius 2 is 1.79 bits per heavy atom. The summed E-state index contributed by atoms with van der Waals surface area (Å²) in [6.45, 7) is 0.358. The lowest BCUT2D eigenvalue weighted by Gasteiger charge is -2.35. The molecule has 1 fully saturated rings. The van der Waals surface area contributed by atoms with Crippen LogP contribution in [0.3, 0.4) is 0 Å². The number of halogens is 1. The molecule has 2 atom stereocenters. The summed E-state index contributed by atoms with van der Waals surface area (Å²) >= 11 is 0. The highest BCUT2D eigenvalue weighted by molar-refractivity contribution is 6.09. The van der Waals surface area contributed by atoms with Crippen molar-refractivity contribution < 1.29 is 18.7 Å². The summed E-state index contributed by atoms with van der Waals surface area (Å²) in [5, 5.41) is 0. The largest absolute Gasteiger partial charge is 0.497 e. The minimum atomic E-state index is -0.824. The first-order valence-corrected chi connectivity index (χ1v) is 11.3. The topological polar surface area (TPSA) is 46.6 Å². The number of amides is 1. The van der Waals surface area contributed by atoms with E-state index < -0.39 is 5.41 Å². The van der Waals surface area contributed by atoms with Crippen molar-refractivity contribution >= 4 is 17.4 Å². The van der Waals surface area contributed by atoms with E-state index in [0.717, 1.165) is 28.1 Å². The summed E-state index contributed by atoms with van der Waals surface area (Å²) in [7, 11) is 1.63. The number of hydrogen-bond donors (Lipinski definition) is 0. The highest BCUT2D eigenvalue weighted by Crippen LogP contribution is 2.52. The minimum absolute atomic E-state index is 0.00976. The van der Waals surface area contributed by atoms with Crippen molar-refractivity contribution in [1.82, 2.24) is 0 Å². The lowest BCUT2D eigenvalue weighted by molar-refractivity contribution is -0.125. The van der Waals surface area contributed by atoms with Gasteiger partial charge in [0.05, 0.1) is 19.1 Å². The van der Waals surface area contributed by atoms with Gasteiger partial charge in [0.15, 0.2) is 0 Å². The van der Waals surface area contributed by atoms with Gasteiger partial charge in [-0.15, -0.1) is 0 Å². The van der Waals surface area contributed by atoms with E-state index in [1.807, 2.05) is 53.4 Å². The van der Waals surface area contributed by atoms with Gasteiger partial charge in [-0.1, -0.05) is 42.5 Å². The van der Waals surface area contributed by atoms with Gasteiger partial charge in [0.25, 0.3) is 0 Å². The summed E-state index contributed by atoms with van der Waals surface area (Å²) in [6, 6.07) is 22.0. The SMILES string of the molecule is COc1cccc(C[C@@]2([C@@H]3CCC(=O)C3)C(=O)N(Cc3ccc(F)cc3)c3ccccc32)c1. The van der Waals surface area contributed by atoms with E-state index in [4.69, 9.17) is 4.74 Å². The molecule has 1 heterocycles. The number of carbonyl (C=O) groups is 2. The number of rotatable bonds is 6. The van der Waals surface area contributed by atoms with Crippen molar-refractivity contribution in [3.05, 3.63) is 95.3 Å². The molecular weight excluding hydrogens is 417 g/mol. The Labute approximate surface area is 193 Å². The van der Waals surface area contributed by atoms with Crippen molar-refractivity contribution in [2.45, 2.75) is 37.6 Å². The number of fused-ring (bicyclic) bond motifs is 1. The molecule has 5 heteroatoms. The minimum Gasteiger partial charge on any atom is -0.497 e. The molecule has 0 unspecified atom stereocenters. The van der Waals surface area contributed by atoms with E-state index in [-0.39, 0.29) is 23.4 Å². The number of nitrogens with zero attached hydrogens (tertiary/aromatic N) is 1. The number of carbonyl (C=O) groups excluding carboxylic acids is 2. The zero-order valence-corrected chi connectivity index (χ0v) is 18.6. The maximum absolute atomic E-state index is 14.3. The summed E-state index contributed by atoms with van der Waals surface area (Å²) in [4.78, 5) is 28.5. The van der Waals surface area contributed by atoms with Crippen LogP contribution < -0.4 is 9.64 Å². The second-order valence-corrected chi connectivity index (χ2v) is 9.01. The maximum Gasteiger partial charge on any atom is 0.238 e. The fourth-order valence-corrected chi connectivity index (χ4v) is 5.53. The van der Waals surface area contributed by atoms with Gasteiger partial charge in [-0.3, -0.25) is 9.59 Å². The fourth-order valence-electron chi connectivity index (χ4n) is 5.53. The third kappa shape index (κ3) is 3.71. The second-order valence-electron chi connectivity index (χ2n) is 9.01. The number of benzene rings is 3. The van der Waals surface area contributed by atoms with Crippen LogP contribution in [0.2, 0.25) is 0 Å². The molecule has 1 amide bonds. The van der Waals surface area contributed by atoms with Crippen LogP contribution in [0.1, 0.15) is 36.0 Å². The molecule has 3 aromatic carbocycles. The molecule has 4 nitrogen and oxygen atoms in total. The van der Waals surface area contributed by atoms with Crippen LogP contribution >= 0.6 is 0 Å². The second kappa shape index (κ2) is 8.47. The van der Waals surface area contributed by atoms with Crippen LogP contribution in [0.4, 0.5) is 10.1 Å². The molecule has 1 saturated carbocycles. The predicted octanol–water partition coefficient (Wildman–Crippen LogP) is 5.23. The van der Waals surface area contributed by atoms with Gasteiger partial charge >= 0.3 is 0 Å². The monoisotopic (exact) mass is 443 g/mol. The molecule has 0 radical (unpaired) electrons. The lowest BCUT2D eigenvalue weighted by atomic mass is 9.66. The van der Waals surface area contributed by atoms with Crippen molar-refractivity contribution in [2.75, 3.05) is 12.0 Å². The Hall–Kier alpha value is -3.47. The van der Waals surface area contributed by atoms with E-state index in [9.17, 15) is 14.0 Å². The van der Waals surface area contributed by atoms with Gasteiger partial charge in [0.1, 0.15) is 17.3 Å². The normalized spacial score (nSPS) is 22.0. The highest BCUT2D eigenvalue weighted by atomic mass is 19.1. The van der Waals surface area contributed by atoms with E-state index >= 15 is 0 Å². The molecule has 5 rings (SSSR count). The summed E-state index contributed by atoms with van der Waals surface area (Å²) in [5.41, 5.74) is 2.88. The molecule has 168 valence electrons. The number of Topliss-reactive ketones (excluding diaryl/α,β-unsaturated/α-hetero) is 1. The Balaban J connectivity index is 1.62. The maximum atomic E-state index is 14.3. The number of ketones is 1. The van der Waals surface area contributed by atoms with E-state index in [1.165, 1.54) is 12.1 Å². The first-order chi connectivity index (χ1) is 16.0. The third-order valence-corrected chi connectivity index (χ3v) is 7.12. The first kappa shape index (κ1) is 21.4. The molecule has 33 heavy (non-hydrogen) atoms.